The second-order valence-electron chi connectivity index (χ2n) is 6.61. The number of ether oxygens (including phenoxy) is 1. The third-order valence-corrected chi connectivity index (χ3v) is 5.05. The number of nitrogens with zero attached hydrogens (tertiary/aromatic N) is 1. The van der Waals surface area contributed by atoms with Gasteiger partial charge in [0.1, 0.15) is 5.70 Å². The molecular weight excluding hydrogens is 405 g/mol. The van der Waals surface area contributed by atoms with Gasteiger partial charge in [0.15, 0.2) is 0 Å². The number of anilines is 1. The summed E-state index contributed by atoms with van der Waals surface area (Å²) < 4.78 is 44.4. The zero-order valence-corrected chi connectivity index (χ0v) is 16.6. The van der Waals surface area contributed by atoms with Gasteiger partial charge in [-0.2, -0.15) is 13.2 Å². The van der Waals surface area contributed by atoms with Crippen LogP contribution in [0.15, 0.2) is 47.5 Å². The molecule has 0 unspecified atom stereocenters. The van der Waals surface area contributed by atoms with Gasteiger partial charge in [0.25, 0.3) is 11.8 Å². The van der Waals surface area contributed by atoms with E-state index < -0.39 is 23.6 Å². The van der Waals surface area contributed by atoms with Crippen LogP contribution in [0.25, 0.3) is 5.57 Å². The van der Waals surface area contributed by atoms with Gasteiger partial charge in [0.2, 0.25) is 0 Å². The van der Waals surface area contributed by atoms with Crippen molar-refractivity contribution in [3.05, 3.63) is 57.9 Å². The maximum absolute atomic E-state index is 13.0. The van der Waals surface area contributed by atoms with Gasteiger partial charge in [0.05, 0.1) is 30.4 Å². The van der Waals surface area contributed by atoms with E-state index in [2.05, 4.69) is 5.32 Å². The zero-order chi connectivity index (χ0) is 21.2. The molecule has 0 aliphatic carbocycles. The number of nitrogens with one attached hydrogen (secondary N) is 1. The molecule has 1 aliphatic heterocycles. The highest BCUT2D eigenvalue weighted by molar-refractivity contribution is 7.11. The first kappa shape index (κ1) is 21.1. The fourth-order valence-corrected chi connectivity index (χ4v) is 3.61. The van der Waals surface area contributed by atoms with Gasteiger partial charge in [-0.3, -0.25) is 14.5 Å². The summed E-state index contributed by atoms with van der Waals surface area (Å²) in [5.74, 6) is -1.09. The minimum Gasteiger partial charge on any atom is -0.377 e. The van der Waals surface area contributed by atoms with Crippen LogP contribution in [-0.2, 0) is 20.5 Å². The average Bonchev–Trinajstić information content (AvgIpc) is 3.24. The van der Waals surface area contributed by atoms with Gasteiger partial charge >= 0.3 is 6.18 Å². The molecule has 1 aromatic carbocycles. The summed E-state index contributed by atoms with van der Waals surface area (Å²) in [7, 11) is 0. The molecule has 3 rings (SSSR count). The molecule has 0 radical (unpaired) electrons. The summed E-state index contributed by atoms with van der Waals surface area (Å²) in [5.41, 5.74) is -0.668. The number of hydrogen-bond acceptors (Lipinski definition) is 5. The van der Waals surface area contributed by atoms with E-state index in [1.807, 2.05) is 13.8 Å². The molecule has 29 heavy (non-hydrogen) atoms. The molecular formula is C20H19F3N2O3S. The summed E-state index contributed by atoms with van der Waals surface area (Å²) in [6.07, 6.45) is -4.58. The van der Waals surface area contributed by atoms with Gasteiger partial charge in [-0.05, 0) is 43.5 Å². The number of carbonyl (C=O) groups is 2. The highest BCUT2D eigenvalue weighted by atomic mass is 32.1. The number of rotatable bonds is 7. The lowest BCUT2D eigenvalue weighted by molar-refractivity contribution is -0.138. The van der Waals surface area contributed by atoms with Gasteiger partial charge in [-0.25, -0.2) is 0 Å². The third-order valence-electron chi connectivity index (χ3n) is 4.16. The Hall–Kier alpha value is -2.65. The second kappa shape index (κ2) is 8.38. The normalized spacial score (nSPS) is 15.0. The smallest absolute Gasteiger partial charge is 0.377 e. The number of benzene rings is 1. The standard InChI is InChI=1S/C20H19F3N2O3S/c1-12(2)28-9-8-25-18(26)16(15-7-4-10-29-15)17(19(25)27)24-14-6-3-5-13(11-14)20(21,22)23/h3-7,10-12,24H,8-9H2,1-2H3. The number of carbonyl (C=O) groups excluding carboxylic acids is 2. The molecule has 5 nitrogen and oxygen atoms in total. The highest BCUT2D eigenvalue weighted by Crippen LogP contribution is 2.34. The van der Waals surface area contributed by atoms with Crippen LogP contribution < -0.4 is 5.32 Å². The SMILES string of the molecule is CC(C)OCCN1C(=O)C(Nc2cccc(C(F)(F)F)c2)=C(c2cccs2)C1=O. The Morgan fingerprint density at radius 3 is 2.52 bits per heavy atom. The Balaban J connectivity index is 1.93. The lowest BCUT2D eigenvalue weighted by Crippen LogP contribution is -2.35. The Bertz CT molecular complexity index is 937. The Morgan fingerprint density at radius 1 is 1.14 bits per heavy atom. The largest absolute Gasteiger partial charge is 0.416 e. The van der Waals surface area contributed by atoms with Crippen molar-refractivity contribution in [2.24, 2.45) is 0 Å². The monoisotopic (exact) mass is 424 g/mol. The quantitative estimate of drug-likeness (QED) is 0.670. The minimum absolute atomic E-state index is 0.0404. The van der Waals surface area contributed by atoms with E-state index in [0.29, 0.717) is 4.88 Å². The van der Waals surface area contributed by atoms with Crippen LogP contribution in [0.2, 0.25) is 0 Å². The van der Waals surface area contributed by atoms with Crippen LogP contribution in [0, 0.1) is 0 Å². The number of thiophene rings is 1. The molecule has 0 saturated carbocycles. The maximum atomic E-state index is 13.0. The van der Waals surface area contributed by atoms with Crippen molar-refractivity contribution in [2.75, 3.05) is 18.5 Å². The van der Waals surface area contributed by atoms with E-state index in [1.165, 1.54) is 23.5 Å². The number of halogens is 3. The van der Waals surface area contributed by atoms with Crippen LogP contribution in [0.3, 0.4) is 0 Å². The Kier molecular flexibility index (Phi) is 6.09. The molecule has 0 spiro atoms. The Morgan fingerprint density at radius 2 is 1.90 bits per heavy atom. The molecule has 154 valence electrons. The third kappa shape index (κ3) is 4.68. The summed E-state index contributed by atoms with van der Waals surface area (Å²) in [5, 5.41) is 4.49. The second-order valence-corrected chi connectivity index (χ2v) is 7.56. The molecule has 0 bridgehead atoms. The summed E-state index contributed by atoms with van der Waals surface area (Å²) in [6, 6.07) is 7.92. The van der Waals surface area contributed by atoms with Crippen molar-refractivity contribution in [2.45, 2.75) is 26.1 Å². The van der Waals surface area contributed by atoms with Crippen molar-refractivity contribution in [3.8, 4) is 0 Å². The molecule has 0 fully saturated rings. The maximum Gasteiger partial charge on any atom is 0.416 e. The summed E-state index contributed by atoms with van der Waals surface area (Å²) >= 11 is 1.27. The molecule has 1 aromatic heterocycles. The molecule has 0 atom stereocenters. The lowest BCUT2D eigenvalue weighted by Gasteiger charge is -2.16. The molecule has 0 saturated heterocycles. The summed E-state index contributed by atoms with van der Waals surface area (Å²) in [6.45, 7) is 3.90. The van der Waals surface area contributed by atoms with Crippen LogP contribution >= 0.6 is 11.3 Å². The Labute approximate surface area is 169 Å². The average molecular weight is 424 g/mol. The van der Waals surface area contributed by atoms with E-state index in [4.69, 9.17) is 4.74 Å². The minimum atomic E-state index is -4.52. The van der Waals surface area contributed by atoms with Crippen molar-refractivity contribution in [1.29, 1.82) is 0 Å². The highest BCUT2D eigenvalue weighted by Gasteiger charge is 2.39. The van der Waals surface area contributed by atoms with E-state index in [-0.39, 0.29) is 36.2 Å². The predicted molar refractivity (Wildman–Crippen MR) is 104 cm³/mol. The van der Waals surface area contributed by atoms with Crippen molar-refractivity contribution >= 4 is 34.4 Å². The fourth-order valence-electron chi connectivity index (χ4n) is 2.84. The van der Waals surface area contributed by atoms with E-state index in [0.717, 1.165) is 17.0 Å². The number of hydrogen-bond donors (Lipinski definition) is 1. The number of alkyl halides is 3. The predicted octanol–water partition coefficient (Wildman–Crippen LogP) is 4.38. The van der Waals surface area contributed by atoms with Gasteiger partial charge < -0.3 is 10.1 Å². The van der Waals surface area contributed by atoms with E-state index in [9.17, 15) is 22.8 Å². The molecule has 1 N–H and O–H groups in total. The van der Waals surface area contributed by atoms with Crippen LogP contribution in [0.4, 0.5) is 18.9 Å². The van der Waals surface area contributed by atoms with Gasteiger partial charge in [-0.15, -0.1) is 11.3 Å². The van der Waals surface area contributed by atoms with Gasteiger partial charge in [-0.1, -0.05) is 12.1 Å². The molecule has 9 heteroatoms. The first-order valence-corrected chi connectivity index (χ1v) is 9.76. The molecule has 1 aliphatic rings. The van der Waals surface area contributed by atoms with Crippen molar-refractivity contribution in [1.82, 2.24) is 4.90 Å². The van der Waals surface area contributed by atoms with Crippen molar-refractivity contribution in [3.63, 3.8) is 0 Å². The van der Waals surface area contributed by atoms with Crippen LogP contribution in [-0.4, -0.2) is 36.0 Å². The number of imide groups is 1. The van der Waals surface area contributed by atoms with Crippen LogP contribution in [0.5, 0.6) is 0 Å². The van der Waals surface area contributed by atoms with Crippen molar-refractivity contribution < 1.29 is 27.5 Å². The first-order valence-electron chi connectivity index (χ1n) is 8.88. The number of amides is 2. The zero-order valence-electron chi connectivity index (χ0n) is 15.7. The van der Waals surface area contributed by atoms with Crippen LogP contribution in [0.1, 0.15) is 24.3 Å². The summed E-state index contributed by atoms with van der Waals surface area (Å²) in [4.78, 5) is 27.4. The lowest BCUT2D eigenvalue weighted by atomic mass is 10.1. The van der Waals surface area contributed by atoms with E-state index in [1.54, 1.807) is 17.5 Å². The molecule has 2 amide bonds. The van der Waals surface area contributed by atoms with Gasteiger partial charge in [0, 0.05) is 10.6 Å². The fraction of sp³-hybridized carbons (Fsp3) is 0.300. The molecule has 2 heterocycles. The first-order chi connectivity index (χ1) is 13.7. The molecule has 2 aromatic rings. The topological polar surface area (TPSA) is 58.6 Å². The van der Waals surface area contributed by atoms with E-state index >= 15 is 0 Å².